The van der Waals surface area contributed by atoms with Crippen LogP contribution >= 0.6 is 23.2 Å². The second-order valence-electron chi connectivity index (χ2n) is 7.36. The molecule has 10 heteroatoms. The third-order valence-electron chi connectivity index (χ3n) is 5.24. The third-order valence-corrected chi connectivity index (χ3v) is 7.68. The lowest BCUT2D eigenvalue weighted by atomic mass is 9.98. The minimum atomic E-state index is -3.79. The molecule has 1 fully saturated rings. The van der Waals surface area contributed by atoms with E-state index in [9.17, 15) is 18.0 Å². The van der Waals surface area contributed by atoms with Gasteiger partial charge in [0.2, 0.25) is 10.0 Å². The zero-order valence-electron chi connectivity index (χ0n) is 17.5. The molecule has 172 valence electrons. The quantitative estimate of drug-likeness (QED) is 0.431. The van der Waals surface area contributed by atoms with Crippen molar-refractivity contribution in [2.75, 3.05) is 31.6 Å². The molecule has 1 N–H and O–H groups in total. The van der Waals surface area contributed by atoms with Crippen molar-refractivity contribution in [2.24, 2.45) is 5.92 Å². The topological polar surface area (TPSA) is 92.8 Å². The number of benzene rings is 2. The van der Waals surface area contributed by atoms with Crippen molar-refractivity contribution >= 4 is 50.7 Å². The second-order valence-corrected chi connectivity index (χ2v) is 10.1. The molecule has 1 heterocycles. The molecule has 7 nitrogen and oxygen atoms in total. The number of piperidine rings is 1. The van der Waals surface area contributed by atoms with Crippen molar-refractivity contribution in [2.45, 2.75) is 24.7 Å². The number of ether oxygens (including phenoxy) is 1. The molecule has 0 aromatic heterocycles. The van der Waals surface area contributed by atoms with E-state index >= 15 is 0 Å². The molecule has 2 aromatic rings. The maximum Gasteiger partial charge on any atom is 0.309 e. The summed E-state index contributed by atoms with van der Waals surface area (Å²) < 4.78 is 32.5. The maximum absolute atomic E-state index is 13.1. The van der Waals surface area contributed by atoms with Gasteiger partial charge in [0, 0.05) is 23.7 Å². The number of ketones is 1. The Balaban J connectivity index is 1.66. The molecule has 0 saturated carbocycles. The molecule has 0 atom stereocenters. The summed E-state index contributed by atoms with van der Waals surface area (Å²) in [5, 5.41) is 3.81. The lowest BCUT2D eigenvalue weighted by molar-refractivity contribution is -0.149. The lowest BCUT2D eigenvalue weighted by Gasteiger charge is -2.30. The fourth-order valence-electron chi connectivity index (χ4n) is 3.48. The molecule has 0 amide bonds. The summed E-state index contributed by atoms with van der Waals surface area (Å²) >= 11 is 12.0. The van der Waals surface area contributed by atoms with Crippen LogP contribution in [-0.4, -0.2) is 50.7 Å². The molecular formula is C22H24Cl2N2O5S. The van der Waals surface area contributed by atoms with Gasteiger partial charge in [0.25, 0.3) is 0 Å². The Labute approximate surface area is 197 Å². The van der Waals surface area contributed by atoms with Gasteiger partial charge in [-0.25, -0.2) is 8.42 Å². The highest BCUT2D eigenvalue weighted by molar-refractivity contribution is 7.89. The third kappa shape index (κ3) is 5.81. The molecule has 1 aliphatic rings. The van der Waals surface area contributed by atoms with E-state index in [0.29, 0.717) is 35.2 Å². The highest BCUT2D eigenvalue weighted by atomic mass is 35.5. The minimum absolute atomic E-state index is 0.0439. The Morgan fingerprint density at radius 2 is 1.84 bits per heavy atom. The molecule has 0 aliphatic carbocycles. The van der Waals surface area contributed by atoms with Crippen LogP contribution in [0.15, 0.2) is 47.4 Å². The van der Waals surface area contributed by atoms with Crippen LogP contribution in [0.25, 0.3) is 0 Å². The van der Waals surface area contributed by atoms with Gasteiger partial charge < -0.3 is 10.1 Å². The van der Waals surface area contributed by atoms with Crippen molar-refractivity contribution in [3.05, 3.63) is 58.1 Å². The Hall–Kier alpha value is -2.13. The molecule has 0 spiro atoms. The van der Waals surface area contributed by atoms with Crippen molar-refractivity contribution < 1.29 is 22.7 Å². The van der Waals surface area contributed by atoms with Crippen LogP contribution in [0, 0.1) is 5.92 Å². The Morgan fingerprint density at radius 3 is 2.50 bits per heavy atom. The van der Waals surface area contributed by atoms with Crippen LogP contribution in [0.1, 0.15) is 30.1 Å². The van der Waals surface area contributed by atoms with E-state index < -0.39 is 10.0 Å². The smallest absolute Gasteiger partial charge is 0.309 e. The molecule has 1 saturated heterocycles. The largest absolute Gasteiger partial charge is 0.466 e. The number of carbonyl (C=O) groups is 2. The number of hydrogen-bond donors (Lipinski definition) is 1. The van der Waals surface area contributed by atoms with Gasteiger partial charge in [0.15, 0.2) is 5.78 Å². The maximum atomic E-state index is 13.1. The van der Waals surface area contributed by atoms with E-state index in [2.05, 4.69) is 5.32 Å². The molecule has 0 unspecified atom stereocenters. The summed E-state index contributed by atoms with van der Waals surface area (Å²) in [5.41, 5.74) is 0.822. The van der Waals surface area contributed by atoms with Gasteiger partial charge in [-0.05, 0) is 50.1 Å². The van der Waals surface area contributed by atoms with E-state index in [1.54, 1.807) is 37.3 Å². The van der Waals surface area contributed by atoms with Crippen molar-refractivity contribution in [3.8, 4) is 0 Å². The Bertz CT molecular complexity index is 1100. The number of sulfonamides is 1. The van der Waals surface area contributed by atoms with E-state index in [4.69, 9.17) is 27.9 Å². The minimum Gasteiger partial charge on any atom is -0.466 e. The number of hydrogen-bond acceptors (Lipinski definition) is 6. The summed E-state index contributed by atoms with van der Waals surface area (Å²) in [6.45, 7) is 2.43. The van der Waals surface area contributed by atoms with Gasteiger partial charge in [-0.1, -0.05) is 35.3 Å². The van der Waals surface area contributed by atoms with Gasteiger partial charge in [-0.15, -0.1) is 0 Å². The Morgan fingerprint density at radius 1 is 1.12 bits per heavy atom. The predicted octanol–water partition coefficient (Wildman–Crippen LogP) is 4.25. The number of nitrogens with one attached hydrogen (secondary N) is 1. The number of anilines is 1. The first kappa shape index (κ1) is 24.5. The van der Waals surface area contributed by atoms with Crippen LogP contribution in [0.2, 0.25) is 10.0 Å². The number of nitrogens with zero attached hydrogens (tertiary/aromatic N) is 1. The number of rotatable bonds is 8. The lowest BCUT2D eigenvalue weighted by Crippen LogP contribution is -2.40. The van der Waals surface area contributed by atoms with Crippen LogP contribution in [-0.2, 0) is 19.6 Å². The molecule has 3 rings (SSSR count). The molecule has 0 bridgehead atoms. The monoisotopic (exact) mass is 498 g/mol. The van der Waals surface area contributed by atoms with Crippen molar-refractivity contribution in [1.82, 2.24) is 4.31 Å². The summed E-state index contributed by atoms with van der Waals surface area (Å²) in [6.07, 6.45) is 0.810. The summed E-state index contributed by atoms with van der Waals surface area (Å²) in [4.78, 5) is 24.6. The van der Waals surface area contributed by atoms with Crippen molar-refractivity contribution in [3.63, 3.8) is 0 Å². The highest BCUT2D eigenvalue weighted by Gasteiger charge is 2.33. The van der Waals surface area contributed by atoms with Crippen LogP contribution < -0.4 is 5.32 Å². The fourth-order valence-corrected chi connectivity index (χ4v) is 5.47. The molecule has 32 heavy (non-hydrogen) atoms. The normalized spacial score (nSPS) is 15.3. The number of Topliss-reactive ketones (excluding diaryl/α,β-unsaturated/α-hetero) is 1. The summed E-state index contributed by atoms with van der Waals surface area (Å²) in [5.74, 6) is -0.861. The summed E-state index contributed by atoms with van der Waals surface area (Å²) in [7, 11) is -3.79. The first-order chi connectivity index (χ1) is 15.2. The Kier molecular flexibility index (Phi) is 8.16. The van der Waals surface area contributed by atoms with Crippen LogP contribution in [0.4, 0.5) is 5.69 Å². The zero-order chi connectivity index (χ0) is 23.3. The van der Waals surface area contributed by atoms with E-state index in [-0.39, 0.29) is 47.8 Å². The van der Waals surface area contributed by atoms with Gasteiger partial charge >= 0.3 is 5.97 Å². The van der Waals surface area contributed by atoms with E-state index in [0.717, 1.165) is 0 Å². The number of halogens is 2. The number of esters is 1. The highest BCUT2D eigenvalue weighted by Crippen LogP contribution is 2.27. The average molecular weight is 499 g/mol. The summed E-state index contributed by atoms with van der Waals surface area (Å²) in [6, 6.07) is 10.8. The first-order valence-corrected chi connectivity index (χ1v) is 12.4. The van der Waals surface area contributed by atoms with Crippen LogP contribution in [0.3, 0.4) is 0 Å². The zero-order valence-corrected chi connectivity index (χ0v) is 19.8. The van der Waals surface area contributed by atoms with Gasteiger partial charge in [0.05, 0.1) is 34.7 Å². The molecule has 2 aromatic carbocycles. The van der Waals surface area contributed by atoms with Gasteiger partial charge in [-0.2, -0.15) is 4.31 Å². The van der Waals surface area contributed by atoms with E-state index in [1.807, 2.05) is 0 Å². The number of carbonyl (C=O) groups excluding carboxylic acids is 2. The van der Waals surface area contributed by atoms with E-state index in [1.165, 1.54) is 16.4 Å². The molecular weight excluding hydrogens is 475 g/mol. The average Bonchev–Trinajstić information content (AvgIpc) is 2.78. The standard InChI is InChI=1S/C22H24Cl2N2O5S/c1-2-31-22(28)15-8-10-26(11-9-15)32(29,30)18-5-3-4-16(12-18)21(27)14-25-20-7-6-17(23)13-19(20)24/h3-7,12-13,15,25H,2,8-11,14H2,1H3. The van der Waals surface area contributed by atoms with Gasteiger partial charge in [0.1, 0.15) is 0 Å². The second kappa shape index (κ2) is 10.7. The SMILES string of the molecule is CCOC(=O)C1CCN(S(=O)(=O)c2cccc(C(=O)CNc3ccc(Cl)cc3Cl)c2)CC1. The van der Waals surface area contributed by atoms with Crippen molar-refractivity contribution in [1.29, 1.82) is 0 Å². The predicted molar refractivity (Wildman–Crippen MR) is 124 cm³/mol. The fraction of sp³-hybridized carbons (Fsp3) is 0.364. The molecule has 0 radical (unpaired) electrons. The molecule has 1 aliphatic heterocycles. The van der Waals surface area contributed by atoms with Crippen LogP contribution in [0.5, 0.6) is 0 Å². The first-order valence-electron chi connectivity index (χ1n) is 10.2. The van der Waals surface area contributed by atoms with Gasteiger partial charge in [-0.3, -0.25) is 9.59 Å².